The van der Waals surface area contributed by atoms with Crippen molar-refractivity contribution in [2.45, 2.75) is 26.7 Å². The molecule has 0 aliphatic carbocycles. The molecule has 0 aliphatic heterocycles. The van der Waals surface area contributed by atoms with Crippen LogP contribution < -0.4 is 0 Å². The van der Waals surface area contributed by atoms with Crippen molar-refractivity contribution in [2.75, 3.05) is 14.1 Å². The summed E-state index contributed by atoms with van der Waals surface area (Å²) in [5.41, 5.74) is 0. The van der Waals surface area contributed by atoms with Gasteiger partial charge in [-0.15, -0.1) is 0 Å². The number of hydrogen-bond acceptors (Lipinski definition) is 1. The number of nitrogens with zero attached hydrogens (tertiary/aromatic N) is 1. The van der Waals surface area contributed by atoms with E-state index in [4.69, 9.17) is 0 Å². The topological polar surface area (TPSA) is 20.3 Å². The van der Waals surface area contributed by atoms with E-state index in [1.54, 1.807) is 19.0 Å². The van der Waals surface area contributed by atoms with Gasteiger partial charge >= 0.3 is 0 Å². The molecule has 0 radical (unpaired) electrons. The van der Waals surface area contributed by atoms with Crippen LogP contribution in [0.25, 0.3) is 0 Å². The van der Waals surface area contributed by atoms with Crippen LogP contribution in [-0.4, -0.2) is 24.9 Å². The summed E-state index contributed by atoms with van der Waals surface area (Å²) in [6.45, 7) is 4.11. The summed E-state index contributed by atoms with van der Waals surface area (Å²) >= 11 is 0. The van der Waals surface area contributed by atoms with E-state index < -0.39 is 0 Å². The smallest absolute Gasteiger partial charge is 0.228 e. The van der Waals surface area contributed by atoms with Gasteiger partial charge < -0.3 is 4.90 Å². The fourth-order valence-corrected chi connectivity index (χ4v) is 1.03. The second-order valence-corrected chi connectivity index (χ2v) is 3.08. The molecule has 1 atom stereocenters. The first-order valence-electron chi connectivity index (χ1n) is 4.51. The average Bonchev–Trinajstić information content (AvgIpc) is 2.05. The summed E-state index contributed by atoms with van der Waals surface area (Å²) in [5.74, 6) is 0.266. The fraction of sp³-hybridized carbons (Fsp3) is 0.700. The highest BCUT2D eigenvalue weighted by molar-refractivity contribution is 5.79. The van der Waals surface area contributed by atoms with Crippen LogP contribution in [0.15, 0.2) is 12.2 Å². The van der Waals surface area contributed by atoms with Crippen LogP contribution in [0.3, 0.4) is 0 Å². The average molecular weight is 169 g/mol. The molecule has 0 bridgehead atoms. The van der Waals surface area contributed by atoms with E-state index in [9.17, 15) is 4.79 Å². The van der Waals surface area contributed by atoms with E-state index in [1.165, 1.54) is 0 Å². The van der Waals surface area contributed by atoms with Crippen LogP contribution in [0.2, 0.25) is 0 Å². The maximum absolute atomic E-state index is 11.5. The first-order chi connectivity index (χ1) is 5.63. The molecule has 0 aromatic heterocycles. The quantitative estimate of drug-likeness (QED) is 0.590. The Bertz CT molecular complexity index is 161. The zero-order valence-corrected chi connectivity index (χ0v) is 8.50. The Balaban J connectivity index is 4.15. The van der Waals surface area contributed by atoms with Gasteiger partial charge in [0.25, 0.3) is 0 Å². The Morgan fingerprint density at radius 3 is 2.33 bits per heavy atom. The Morgan fingerprint density at radius 2 is 2.00 bits per heavy atom. The number of carbonyl (C=O) groups is 1. The van der Waals surface area contributed by atoms with E-state index in [1.807, 2.05) is 13.0 Å². The van der Waals surface area contributed by atoms with Gasteiger partial charge in [-0.05, 0) is 12.8 Å². The Kier molecular flexibility index (Phi) is 5.43. The SMILES string of the molecule is CC/C=C\C(CC)C(=O)N(C)C. The molecule has 70 valence electrons. The molecular formula is C10H19NO. The van der Waals surface area contributed by atoms with E-state index in [0.29, 0.717) is 0 Å². The van der Waals surface area contributed by atoms with Gasteiger partial charge in [0, 0.05) is 14.1 Å². The summed E-state index contributed by atoms with van der Waals surface area (Å²) in [6, 6.07) is 0. The van der Waals surface area contributed by atoms with Crippen molar-refractivity contribution in [3.05, 3.63) is 12.2 Å². The third kappa shape index (κ3) is 3.56. The van der Waals surface area contributed by atoms with Crippen LogP contribution in [0.5, 0.6) is 0 Å². The first kappa shape index (κ1) is 11.2. The maximum atomic E-state index is 11.5. The summed E-state index contributed by atoms with van der Waals surface area (Å²) in [4.78, 5) is 13.1. The van der Waals surface area contributed by atoms with Crippen LogP contribution in [0.4, 0.5) is 0 Å². The molecule has 0 saturated carbocycles. The van der Waals surface area contributed by atoms with Crippen molar-refractivity contribution in [1.29, 1.82) is 0 Å². The van der Waals surface area contributed by atoms with Gasteiger partial charge in [0.1, 0.15) is 0 Å². The maximum Gasteiger partial charge on any atom is 0.228 e. The lowest BCUT2D eigenvalue weighted by atomic mass is 10.0. The van der Waals surface area contributed by atoms with Crippen molar-refractivity contribution < 1.29 is 4.79 Å². The minimum Gasteiger partial charge on any atom is -0.348 e. The zero-order chi connectivity index (χ0) is 9.56. The molecule has 2 heteroatoms. The molecule has 0 N–H and O–H groups in total. The highest BCUT2D eigenvalue weighted by Crippen LogP contribution is 2.07. The molecule has 12 heavy (non-hydrogen) atoms. The minimum absolute atomic E-state index is 0.0694. The molecule has 0 saturated heterocycles. The predicted octanol–water partition coefficient (Wildman–Crippen LogP) is 2.07. The molecular weight excluding hydrogens is 150 g/mol. The van der Waals surface area contributed by atoms with Crippen LogP contribution in [0.1, 0.15) is 26.7 Å². The molecule has 0 spiro atoms. The van der Waals surface area contributed by atoms with Crippen molar-refractivity contribution in [3.63, 3.8) is 0 Å². The second kappa shape index (κ2) is 5.81. The van der Waals surface area contributed by atoms with Gasteiger partial charge in [0.2, 0.25) is 5.91 Å². The summed E-state index contributed by atoms with van der Waals surface area (Å²) in [7, 11) is 3.59. The van der Waals surface area contributed by atoms with Gasteiger partial charge in [0.15, 0.2) is 0 Å². The van der Waals surface area contributed by atoms with Crippen molar-refractivity contribution in [3.8, 4) is 0 Å². The molecule has 0 rings (SSSR count). The lowest BCUT2D eigenvalue weighted by molar-refractivity contribution is -0.131. The molecule has 0 aliphatic rings. The van der Waals surface area contributed by atoms with Crippen LogP contribution >= 0.6 is 0 Å². The van der Waals surface area contributed by atoms with Gasteiger partial charge in [-0.3, -0.25) is 4.79 Å². The van der Waals surface area contributed by atoms with E-state index in [-0.39, 0.29) is 11.8 Å². The second-order valence-electron chi connectivity index (χ2n) is 3.08. The Hall–Kier alpha value is -0.790. The fourth-order valence-electron chi connectivity index (χ4n) is 1.03. The molecule has 2 nitrogen and oxygen atoms in total. The van der Waals surface area contributed by atoms with Crippen LogP contribution in [-0.2, 0) is 4.79 Å². The van der Waals surface area contributed by atoms with Gasteiger partial charge in [-0.2, -0.15) is 0 Å². The lowest BCUT2D eigenvalue weighted by Gasteiger charge is -2.15. The molecule has 0 fully saturated rings. The number of rotatable bonds is 4. The number of hydrogen-bond donors (Lipinski definition) is 0. The molecule has 0 aromatic carbocycles. The lowest BCUT2D eigenvalue weighted by Crippen LogP contribution is -2.28. The third-order valence-corrected chi connectivity index (χ3v) is 1.80. The van der Waals surface area contributed by atoms with Gasteiger partial charge in [0.05, 0.1) is 5.92 Å². The summed E-state index contributed by atoms with van der Waals surface area (Å²) in [6.07, 6.45) is 5.93. The first-order valence-corrected chi connectivity index (χ1v) is 4.51. The van der Waals surface area contributed by atoms with Crippen molar-refractivity contribution in [1.82, 2.24) is 4.90 Å². The van der Waals surface area contributed by atoms with E-state index >= 15 is 0 Å². The van der Waals surface area contributed by atoms with Gasteiger partial charge in [-0.1, -0.05) is 26.0 Å². The van der Waals surface area contributed by atoms with Crippen LogP contribution in [0, 0.1) is 5.92 Å². The predicted molar refractivity (Wildman–Crippen MR) is 51.9 cm³/mol. The van der Waals surface area contributed by atoms with E-state index in [0.717, 1.165) is 12.8 Å². The largest absolute Gasteiger partial charge is 0.348 e. The Morgan fingerprint density at radius 1 is 1.42 bits per heavy atom. The molecule has 0 heterocycles. The zero-order valence-electron chi connectivity index (χ0n) is 8.50. The number of amides is 1. The number of carbonyl (C=O) groups excluding carboxylic acids is 1. The van der Waals surface area contributed by atoms with Crippen molar-refractivity contribution >= 4 is 5.91 Å². The molecule has 1 unspecified atom stereocenters. The highest BCUT2D eigenvalue weighted by Gasteiger charge is 2.13. The summed E-state index contributed by atoms with van der Waals surface area (Å²) < 4.78 is 0. The Labute approximate surface area is 75.3 Å². The molecule has 1 amide bonds. The van der Waals surface area contributed by atoms with E-state index in [2.05, 4.69) is 13.0 Å². The monoisotopic (exact) mass is 169 g/mol. The third-order valence-electron chi connectivity index (χ3n) is 1.80. The normalized spacial score (nSPS) is 13.3. The minimum atomic E-state index is 0.0694. The summed E-state index contributed by atoms with van der Waals surface area (Å²) in [5, 5.41) is 0. The van der Waals surface area contributed by atoms with Gasteiger partial charge in [-0.25, -0.2) is 0 Å². The molecule has 0 aromatic rings. The number of allylic oxidation sites excluding steroid dienone is 1. The van der Waals surface area contributed by atoms with Crippen molar-refractivity contribution in [2.24, 2.45) is 5.92 Å². The standard InChI is InChI=1S/C10H19NO/c1-5-7-8-9(6-2)10(12)11(3)4/h7-9H,5-6H2,1-4H3/b8-7-. The highest BCUT2D eigenvalue weighted by atomic mass is 16.2.